The van der Waals surface area contributed by atoms with E-state index in [1.54, 1.807) is 6.08 Å². The maximum Gasteiger partial charge on any atom is 0.309 e. The molecule has 7 heteroatoms. The Kier molecular flexibility index (Phi) is 8.17. The Bertz CT molecular complexity index is 325. The standard InChI is InChI=1S/C11H17NO6/c1-17-10(13)6-4-3-5-9(12(15)16)7-8-11(14)18-2/h3-4,9H,5-8H2,1-2H3/b4-3+. The molecule has 0 aliphatic rings. The predicted molar refractivity (Wildman–Crippen MR) is 62.4 cm³/mol. The van der Waals surface area contributed by atoms with Crippen molar-refractivity contribution in [2.45, 2.75) is 31.7 Å². The van der Waals surface area contributed by atoms with Crippen LogP contribution in [0.15, 0.2) is 12.2 Å². The number of nitrogens with zero attached hydrogens (tertiary/aromatic N) is 1. The van der Waals surface area contributed by atoms with Gasteiger partial charge in [-0.3, -0.25) is 19.7 Å². The molecule has 0 saturated carbocycles. The summed E-state index contributed by atoms with van der Waals surface area (Å²) >= 11 is 0. The van der Waals surface area contributed by atoms with Gasteiger partial charge >= 0.3 is 11.9 Å². The largest absolute Gasteiger partial charge is 0.469 e. The van der Waals surface area contributed by atoms with Gasteiger partial charge in [-0.2, -0.15) is 0 Å². The summed E-state index contributed by atoms with van der Waals surface area (Å²) in [6.07, 6.45) is 3.43. The van der Waals surface area contributed by atoms with Gasteiger partial charge in [-0.15, -0.1) is 0 Å². The second-order valence-corrected chi connectivity index (χ2v) is 3.54. The molecule has 0 aliphatic carbocycles. The first kappa shape index (κ1) is 16.1. The molecule has 0 radical (unpaired) electrons. The number of nitro groups is 1. The molecule has 18 heavy (non-hydrogen) atoms. The van der Waals surface area contributed by atoms with E-state index in [1.807, 2.05) is 0 Å². The third-order valence-corrected chi connectivity index (χ3v) is 2.29. The number of hydrogen-bond acceptors (Lipinski definition) is 6. The van der Waals surface area contributed by atoms with Gasteiger partial charge in [-0.1, -0.05) is 12.2 Å². The minimum Gasteiger partial charge on any atom is -0.469 e. The lowest BCUT2D eigenvalue weighted by Gasteiger charge is -2.05. The fourth-order valence-corrected chi connectivity index (χ4v) is 1.21. The highest BCUT2D eigenvalue weighted by Crippen LogP contribution is 2.08. The summed E-state index contributed by atoms with van der Waals surface area (Å²) in [5.74, 6) is -0.876. The van der Waals surface area contributed by atoms with Crippen LogP contribution in [0, 0.1) is 10.1 Å². The highest BCUT2D eigenvalue weighted by molar-refractivity contribution is 5.70. The predicted octanol–water partition coefficient (Wildman–Crippen LogP) is 1.09. The summed E-state index contributed by atoms with van der Waals surface area (Å²) in [4.78, 5) is 31.9. The summed E-state index contributed by atoms with van der Waals surface area (Å²) in [7, 11) is 2.51. The second kappa shape index (κ2) is 9.15. The molecule has 0 rings (SSSR count). The van der Waals surface area contributed by atoms with Gasteiger partial charge < -0.3 is 9.47 Å². The quantitative estimate of drug-likeness (QED) is 0.280. The first-order valence-corrected chi connectivity index (χ1v) is 5.43. The summed E-state index contributed by atoms with van der Waals surface area (Å²) in [6.45, 7) is 0. The normalized spacial score (nSPS) is 12.1. The van der Waals surface area contributed by atoms with Gasteiger partial charge in [-0.05, 0) is 0 Å². The second-order valence-electron chi connectivity index (χ2n) is 3.54. The molecular formula is C11H17NO6. The molecule has 0 aliphatic heterocycles. The van der Waals surface area contributed by atoms with Gasteiger partial charge in [0.1, 0.15) is 0 Å². The average molecular weight is 259 g/mol. The zero-order chi connectivity index (χ0) is 14.0. The van der Waals surface area contributed by atoms with Gasteiger partial charge in [0.2, 0.25) is 6.04 Å². The monoisotopic (exact) mass is 259 g/mol. The zero-order valence-electron chi connectivity index (χ0n) is 10.5. The third-order valence-electron chi connectivity index (χ3n) is 2.29. The minimum absolute atomic E-state index is 0.00693. The summed E-state index contributed by atoms with van der Waals surface area (Å²) in [6, 6.07) is -0.849. The Hall–Kier alpha value is -1.92. The number of rotatable bonds is 8. The fourth-order valence-electron chi connectivity index (χ4n) is 1.21. The Morgan fingerprint density at radius 2 is 1.83 bits per heavy atom. The molecule has 1 unspecified atom stereocenters. The Balaban J connectivity index is 4.08. The lowest BCUT2D eigenvalue weighted by molar-refractivity contribution is -0.522. The van der Waals surface area contributed by atoms with Crippen molar-refractivity contribution in [3.8, 4) is 0 Å². The maximum absolute atomic E-state index is 10.9. The van der Waals surface area contributed by atoms with Crippen LogP contribution >= 0.6 is 0 Å². The van der Waals surface area contributed by atoms with Crippen LogP contribution in [-0.4, -0.2) is 37.1 Å². The van der Waals surface area contributed by atoms with Gasteiger partial charge in [0.15, 0.2) is 0 Å². The van der Waals surface area contributed by atoms with E-state index >= 15 is 0 Å². The van der Waals surface area contributed by atoms with E-state index in [-0.39, 0.29) is 25.7 Å². The van der Waals surface area contributed by atoms with Crippen LogP contribution in [0.2, 0.25) is 0 Å². The van der Waals surface area contributed by atoms with Gasteiger partial charge in [-0.25, -0.2) is 0 Å². The highest BCUT2D eigenvalue weighted by atomic mass is 16.6. The summed E-state index contributed by atoms with van der Waals surface area (Å²) in [5.41, 5.74) is 0. The molecular weight excluding hydrogens is 242 g/mol. The van der Waals surface area contributed by atoms with Crippen molar-refractivity contribution in [3.05, 3.63) is 22.3 Å². The van der Waals surface area contributed by atoms with Crippen molar-refractivity contribution in [3.63, 3.8) is 0 Å². The lowest BCUT2D eigenvalue weighted by Crippen LogP contribution is -2.20. The van der Waals surface area contributed by atoms with Crippen molar-refractivity contribution in [1.29, 1.82) is 0 Å². The van der Waals surface area contributed by atoms with E-state index in [0.717, 1.165) is 0 Å². The Morgan fingerprint density at radius 3 is 2.33 bits per heavy atom. The van der Waals surface area contributed by atoms with Crippen LogP contribution in [0.4, 0.5) is 0 Å². The van der Waals surface area contributed by atoms with E-state index < -0.39 is 22.9 Å². The first-order valence-electron chi connectivity index (χ1n) is 5.43. The maximum atomic E-state index is 10.9. The van der Waals surface area contributed by atoms with Gasteiger partial charge in [0.25, 0.3) is 0 Å². The number of ether oxygens (including phenoxy) is 2. The van der Waals surface area contributed by atoms with Crippen molar-refractivity contribution < 1.29 is 24.0 Å². The number of methoxy groups -OCH3 is 2. The SMILES string of the molecule is COC(=O)C/C=C/CC(CCC(=O)OC)[N+](=O)[O-]. The van der Waals surface area contributed by atoms with Crippen LogP contribution in [0.5, 0.6) is 0 Å². The first-order chi connectivity index (χ1) is 8.51. The molecule has 0 fully saturated rings. The molecule has 0 N–H and O–H groups in total. The molecule has 102 valence electrons. The van der Waals surface area contributed by atoms with Crippen LogP contribution in [-0.2, 0) is 19.1 Å². The molecule has 1 atom stereocenters. The number of carbonyl (C=O) groups is 2. The van der Waals surface area contributed by atoms with E-state index in [2.05, 4.69) is 9.47 Å². The Morgan fingerprint density at radius 1 is 1.22 bits per heavy atom. The van der Waals surface area contributed by atoms with Crippen molar-refractivity contribution >= 4 is 11.9 Å². The van der Waals surface area contributed by atoms with Gasteiger partial charge in [0, 0.05) is 17.8 Å². The molecule has 0 bridgehead atoms. The zero-order valence-corrected chi connectivity index (χ0v) is 10.5. The molecule has 0 aromatic heterocycles. The van der Waals surface area contributed by atoms with Crippen molar-refractivity contribution in [1.82, 2.24) is 0 Å². The highest BCUT2D eigenvalue weighted by Gasteiger charge is 2.19. The molecule has 7 nitrogen and oxygen atoms in total. The summed E-state index contributed by atoms with van der Waals surface area (Å²) < 4.78 is 8.82. The topological polar surface area (TPSA) is 95.7 Å². The van der Waals surface area contributed by atoms with Crippen LogP contribution in [0.25, 0.3) is 0 Å². The van der Waals surface area contributed by atoms with E-state index in [4.69, 9.17) is 0 Å². The minimum atomic E-state index is -0.849. The molecule has 0 heterocycles. The Labute approximate surface area is 105 Å². The fraction of sp³-hybridized carbons (Fsp3) is 0.636. The average Bonchev–Trinajstić information content (AvgIpc) is 2.36. The lowest BCUT2D eigenvalue weighted by atomic mass is 10.1. The molecule has 0 aromatic carbocycles. The number of carbonyl (C=O) groups excluding carboxylic acids is 2. The third kappa shape index (κ3) is 7.37. The molecule has 0 aromatic rings. The van der Waals surface area contributed by atoms with Crippen molar-refractivity contribution in [2.75, 3.05) is 14.2 Å². The molecule has 0 spiro atoms. The summed E-state index contributed by atoms with van der Waals surface area (Å²) in [5, 5.41) is 10.7. The van der Waals surface area contributed by atoms with Crippen LogP contribution in [0.1, 0.15) is 25.7 Å². The van der Waals surface area contributed by atoms with E-state index in [1.165, 1.54) is 20.3 Å². The van der Waals surface area contributed by atoms with Gasteiger partial charge in [0.05, 0.1) is 27.1 Å². The van der Waals surface area contributed by atoms with E-state index in [0.29, 0.717) is 0 Å². The van der Waals surface area contributed by atoms with Crippen molar-refractivity contribution in [2.24, 2.45) is 0 Å². The number of esters is 2. The number of hydrogen-bond donors (Lipinski definition) is 0. The molecule has 0 amide bonds. The van der Waals surface area contributed by atoms with Crippen LogP contribution < -0.4 is 0 Å². The van der Waals surface area contributed by atoms with E-state index in [9.17, 15) is 19.7 Å². The molecule has 0 saturated heterocycles. The smallest absolute Gasteiger partial charge is 0.309 e. The van der Waals surface area contributed by atoms with Crippen LogP contribution in [0.3, 0.4) is 0 Å².